The van der Waals surface area contributed by atoms with Crippen molar-refractivity contribution < 1.29 is 9.59 Å². The molecule has 2 amide bonds. The average Bonchev–Trinajstić information content (AvgIpc) is 3.35. The highest BCUT2D eigenvalue weighted by Crippen LogP contribution is 2.48. The maximum absolute atomic E-state index is 12.9. The summed E-state index contributed by atoms with van der Waals surface area (Å²) < 4.78 is 0. The Labute approximate surface area is 149 Å². The lowest BCUT2D eigenvalue weighted by Crippen LogP contribution is -2.58. The van der Waals surface area contributed by atoms with Crippen LogP contribution in [0, 0.1) is 5.92 Å². The highest BCUT2D eigenvalue weighted by molar-refractivity contribution is 5.93. The quantitative estimate of drug-likeness (QED) is 0.910. The molecule has 0 aromatic heterocycles. The van der Waals surface area contributed by atoms with Crippen LogP contribution in [0.4, 0.5) is 0 Å². The molecule has 3 fully saturated rings. The van der Waals surface area contributed by atoms with Gasteiger partial charge in [0.05, 0.1) is 0 Å². The van der Waals surface area contributed by atoms with E-state index in [1.165, 1.54) is 19.3 Å². The van der Waals surface area contributed by atoms with Crippen molar-refractivity contribution in [1.29, 1.82) is 0 Å². The molecule has 1 saturated heterocycles. The highest BCUT2D eigenvalue weighted by atomic mass is 16.2. The normalized spacial score (nSPS) is 30.0. The monoisotopic (exact) mass is 341 g/mol. The molecule has 0 bridgehead atoms. The summed E-state index contributed by atoms with van der Waals surface area (Å²) in [4.78, 5) is 28.9. The van der Waals surface area contributed by atoms with Crippen molar-refractivity contribution >= 4 is 11.8 Å². The molecule has 1 aromatic carbocycles. The lowest BCUT2D eigenvalue weighted by atomic mass is 9.89. The summed E-state index contributed by atoms with van der Waals surface area (Å²) in [6.07, 6.45) is 4.88. The van der Waals surface area contributed by atoms with Crippen LogP contribution >= 0.6 is 0 Å². The number of hydrogen-bond acceptors (Lipinski definition) is 3. The third kappa shape index (κ3) is 3.17. The molecule has 2 saturated carbocycles. The third-order valence-electron chi connectivity index (χ3n) is 6.24. The van der Waals surface area contributed by atoms with Crippen LogP contribution in [0.5, 0.6) is 0 Å². The molecule has 25 heavy (non-hydrogen) atoms. The molecule has 0 radical (unpaired) electrons. The molecule has 3 atom stereocenters. The summed E-state index contributed by atoms with van der Waals surface area (Å²) >= 11 is 0. The van der Waals surface area contributed by atoms with E-state index in [0.717, 1.165) is 37.7 Å². The van der Waals surface area contributed by atoms with Gasteiger partial charge in [-0.2, -0.15) is 0 Å². The van der Waals surface area contributed by atoms with Gasteiger partial charge < -0.3 is 10.6 Å². The molecule has 1 aromatic rings. The smallest absolute Gasteiger partial charge is 0.248 e. The molecule has 0 spiro atoms. The van der Waals surface area contributed by atoms with Gasteiger partial charge in [0, 0.05) is 43.2 Å². The van der Waals surface area contributed by atoms with Gasteiger partial charge in [0.25, 0.3) is 0 Å². The van der Waals surface area contributed by atoms with Gasteiger partial charge in [-0.05, 0) is 49.8 Å². The number of nitrogens with two attached hydrogens (primary N) is 1. The van der Waals surface area contributed by atoms with Crippen LogP contribution in [-0.4, -0.2) is 53.3 Å². The van der Waals surface area contributed by atoms with Crippen LogP contribution in [0.15, 0.2) is 24.3 Å². The van der Waals surface area contributed by atoms with E-state index in [9.17, 15) is 9.59 Å². The molecule has 134 valence electrons. The number of carbonyl (C=O) groups excluding carboxylic acids is 2. The molecular formula is C20H27N3O2. The zero-order valence-corrected chi connectivity index (χ0v) is 14.9. The lowest BCUT2D eigenvalue weighted by Gasteiger charge is -2.47. The van der Waals surface area contributed by atoms with Crippen molar-refractivity contribution in [3.8, 4) is 0 Å². The van der Waals surface area contributed by atoms with E-state index in [-0.39, 0.29) is 17.7 Å². The molecule has 4 rings (SSSR count). The summed E-state index contributed by atoms with van der Waals surface area (Å²) in [5, 5.41) is 0. The predicted molar refractivity (Wildman–Crippen MR) is 96.2 cm³/mol. The van der Waals surface area contributed by atoms with Crippen LogP contribution in [-0.2, 0) is 4.79 Å². The van der Waals surface area contributed by atoms with Gasteiger partial charge in [-0.15, -0.1) is 0 Å². The van der Waals surface area contributed by atoms with Gasteiger partial charge in [-0.3, -0.25) is 14.5 Å². The molecular weight excluding hydrogens is 314 g/mol. The molecule has 5 nitrogen and oxygen atoms in total. The second-order valence-corrected chi connectivity index (χ2v) is 7.89. The predicted octanol–water partition coefficient (Wildman–Crippen LogP) is 1.97. The Morgan fingerprint density at radius 2 is 2.00 bits per heavy atom. The van der Waals surface area contributed by atoms with Crippen LogP contribution < -0.4 is 5.73 Å². The van der Waals surface area contributed by atoms with Crippen LogP contribution in [0.25, 0.3) is 0 Å². The minimum absolute atomic E-state index is 0.0746. The summed E-state index contributed by atoms with van der Waals surface area (Å²) in [6, 6.07) is 8.64. The Morgan fingerprint density at radius 1 is 1.20 bits per heavy atom. The number of rotatable bonds is 4. The van der Waals surface area contributed by atoms with Crippen molar-refractivity contribution in [2.45, 2.75) is 50.6 Å². The molecule has 5 heteroatoms. The highest BCUT2D eigenvalue weighted by Gasteiger charge is 2.47. The minimum Gasteiger partial charge on any atom is -0.366 e. The molecule has 3 aliphatic rings. The largest absolute Gasteiger partial charge is 0.366 e. The Bertz CT molecular complexity index is 685. The lowest BCUT2D eigenvalue weighted by molar-refractivity contribution is -0.136. The number of piperazine rings is 1. The first kappa shape index (κ1) is 16.6. The molecule has 1 unspecified atom stereocenters. The van der Waals surface area contributed by atoms with E-state index in [0.29, 0.717) is 11.6 Å². The van der Waals surface area contributed by atoms with Crippen molar-refractivity contribution in [2.24, 2.45) is 11.7 Å². The van der Waals surface area contributed by atoms with Gasteiger partial charge in [-0.1, -0.05) is 18.6 Å². The Kier molecular flexibility index (Phi) is 4.28. The van der Waals surface area contributed by atoms with Gasteiger partial charge in [-0.25, -0.2) is 0 Å². The second kappa shape index (κ2) is 6.45. The van der Waals surface area contributed by atoms with Crippen molar-refractivity contribution in [3.05, 3.63) is 35.4 Å². The standard InChI is InChI=1S/C20H27N3O2/c1-13-12-22(8-9-23(13)16-6-3-7-16)20(25)18-11-17(18)14-4-2-5-15(10-14)19(21)24/h2,4-5,10,13,16-18H,3,6-9,11-12H2,1H3,(H2,21,24)/t13-,17?,18+/m1/s1. The van der Waals surface area contributed by atoms with E-state index in [1.54, 1.807) is 6.07 Å². The number of benzene rings is 1. The van der Waals surface area contributed by atoms with E-state index in [2.05, 4.69) is 16.7 Å². The maximum Gasteiger partial charge on any atom is 0.248 e. The number of nitrogens with zero attached hydrogens (tertiary/aromatic N) is 2. The summed E-state index contributed by atoms with van der Waals surface area (Å²) in [5.41, 5.74) is 6.96. The van der Waals surface area contributed by atoms with Crippen molar-refractivity contribution in [2.75, 3.05) is 19.6 Å². The van der Waals surface area contributed by atoms with E-state index in [1.807, 2.05) is 18.2 Å². The zero-order chi connectivity index (χ0) is 17.6. The first-order valence-corrected chi connectivity index (χ1v) is 9.49. The Hall–Kier alpha value is -1.88. The zero-order valence-electron chi connectivity index (χ0n) is 14.9. The van der Waals surface area contributed by atoms with Crippen molar-refractivity contribution in [1.82, 2.24) is 9.80 Å². The maximum atomic E-state index is 12.9. The first-order valence-electron chi connectivity index (χ1n) is 9.49. The number of hydrogen-bond donors (Lipinski definition) is 1. The van der Waals surface area contributed by atoms with Crippen LogP contribution in [0.1, 0.15) is 54.4 Å². The molecule has 2 N–H and O–H groups in total. The molecule has 1 heterocycles. The van der Waals surface area contributed by atoms with Crippen molar-refractivity contribution in [3.63, 3.8) is 0 Å². The number of amides is 2. The topological polar surface area (TPSA) is 66.6 Å². The Morgan fingerprint density at radius 3 is 2.64 bits per heavy atom. The van der Waals surface area contributed by atoms with E-state index >= 15 is 0 Å². The van der Waals surface area contributed by atoms with Gasteiger partial charge >= 0.3 is 0 Å². The fourth-order valence-electron chi connectivity index (χ4n) is 4.43. The fourth-order valence-corrected chi connectivity index (χ4v) is 4.43. The van der Waals surface area contributed by atoms with E-state index in [4.69, 9.17) is 5.73 Å². The Balaban J connectivity index is 1.37. The van der Waals surface area contributed by atoms with Gasteiger partial charge in [0.1, 0.15) is 0 Å². The van der Waals surface area contributed by atoms with Gasteiger partial charge in [0.15, 0.2) is 0 Å². The summed E-state index contributed by atoms with van der Waals surface area (Å²) in [6.45, 7) is 4.95. The van der Waals surface area contributed by atoms with Crippen LogP contribution in [0.2, 0.25) is 0 Å². The summed E-state index contributed by atoms with van der Waals surface area (Å²) in [7, 11) is 0. The van der Waals surface area contributed by atoms with Gasteiger partial charge in [0.2, 0.25) is 11.8 Å². The summed E-state index contributed by atoms with van der Waals surface area (Å²) in [5.74, 6) is 0.193. The molecule has 2 aliphatic carbocycles. The van der Waals surface area contributed by atoms with Crippen LogP contribution in [0.3, 0.4) is 0 Å². The average molecular weight is 341 g/mol. The second-order valence-electron chi connectivity index (χ2n) is 7.89. The molecule has 1 aliphatic heterocycles. The fraction of sp³-hybridized carbons (Fsp3) is 0.600. The minimum atomic E-state index is -0.411. The third-order valence-corrected chi connectivity index (χ3v) is 6.24. The van der Waals surface area contributed by atoms with E-state index < -0.39 is 5.91 Å². The number of primary amides is 1. The SMILES string of the molecule is C[C@@H]1CN(C(=O)[C@H]2CC2c2cccc(C(N)=O)c2)CCN1C1CCC1. The number of carbonyl (C=O) groups is 2. The first-order chi connectivity index (χ1) is 12.0.